The lowest BCUT2D eigenvalue weighted by Gasteiger charge is -2.29. The Morgan fingerprint density at radius 1 is 1.04 bits per heavy atom. The van der Waals surface area contributed by atoms with Crippen LogP contribution in [-0.4, -0.2) is 36.0 Å². The van der Waals surface area contributed by atoms with Gasteiger partial charge in [0.05, 0.1) is 4.90 Å². The zero-order chi connectivity index (χ0) is 19.6. The summed E-state index contributed by atoms with van der Waals surface area (Å²) in [6, 6.07) is 16.5. The van der Waals surface area contributed by atoms with Crippen molar-refractivity contribution in [3.63, 3.8) is 0 Å². The van der Waals surface area contributed by atoms with Crippen LogP contribution in [0.1, 0.15) is 36.0 Å². The van der Waals surface area contributed by atoms with Gasteiger partial charge in [-0.15, -0.1) is 0 Å². The lowest BCUT2D eigenvalue weighted by Crippen LogP contribution is -2.37. The molecule has 0 N–H and O–H groups in total. The molecule has 1 saturated heterocycles. The van der Waals surface area contributed by atoms with Crippen LogP contribution in [0.4, 0.5) is 0 Å². The van der Waals surface area contributed by atoms with Crippen molar-refractivity contribution in [1.29, 1.82) is 0 Å². The van der Waals surface area contributed by atoms with Gasteiger partial charge in [0.1, 0.15) is 0 Å². The molecule has 0 unspecified atom stereocenters. The summed E-state index contributed by atoms with van der Waals surface area (Å²) in [4.78, 5) is 4.88. The Kier molecular flexibility index (Phi) is 5.61. The highest BCUT2D eigenvalue weighted by Crippen LogP contribution is 2.30. The van der Waals surface area contributed by atoms with Crippen molar-refractivity contribution in [2.75, 3.05) is 13.1 Å². The van der Waals surface area contributed by atoms with E-state index in [9.17, 15) is 8.42 Å². The van der Waals surface area contributed by atoms with Crippen LogP contribution >= 0.6 is 15.9 Å². The lowest BCUT2D eigenvalue weighted by atomic mass is 9.98. The molecule has 2 aromatic carbocycles. The summed E-state index contributed by atoms with van der Waals surface area (Å²) < 4.78 is 33.5. The van der Waals surface area contributed by atoms with Crippen LogP contribution in [0.3, 0.4) is 0 Å². The van der Waals surface area contributed by atoms with Crippen molar-refractivity contribution >= 4 is 26.0 Å². The van der Waals surface area contributed by atoms with Gasteiger partial charge in [-0.25, -0.2) is 8.42 Å². The van der Waals surface area contributed by atoms with Crippen LogP contribution in [0.25, 0.3) is 0 Å². The second kappa shape index (κ2) is 8.14. The highest BCUT2D eigenvalue weighted by atomic mass is 79.9. The molecule has 1 aromatic heterocycles. The molecule has 0 radical (unpaired) electrons. The summed E-state index contributed by atoms with van der Waals surface area (Å²) in [5.41, 5.74) is 1.10. The van der Waals surface area contributed by atoms with E-state index in [0.29, 0.717) is 49.0 Å². The van der Waals surface area contributed by atoms with E-state index in [2.05, 4.69) is 26.1 Å². The lowest BCUT2D eigenvalue weighted by molar-refractivity contribution is 0.270. The fourth-order valence-corrected chi connectivity index (χ4v) is 5.32. The van der Waals surface area contributed by atoms with Gasteiger partial charge in [0.2, 0.25) is 15.9 Å². The molecule has 3 aromatic rings. The molecule has 4 rings (SSSR count). The summed E-state index contributed by atoms with van der Waals surface area (Å²) >= 11 is 3.53. The zero-order valence-corrected chi connectivity index (χ0v) is 17.6. The van der Waals surface area contributed by atoms with Crippen LogP contribution in [0.5, 0.6) is 0 Å². The average molecular weight is 462 g/mol. The van der Waals surface area contributed by atoms with Gasteiger partial charge in [0.25, 0.3) is 0 Å². The largest absolute Gasteiger partial charge is 0.339 e. The monoisotopic (exact) mass is 461 g/mol. The zero-order valence-electron chi connectivity index (χ0n) is 15.2. The summed E-state index contributed by atoms with van der Waals surface area (Å²) in [6.07, 6.45) is 1.93. The maximum absolute atomic E-state index is 12.7. The minimum Gasteiger partial charge on any atom is -0.339 e. The fourth-order valence-electron chi connectivity index (χ4n) is 3.40. The van der Waals surface area contributed by atoms with E-state index in [-0.39, 0.29) is 5.92 Å². The Morgan fingerprint density at radius 3 is 2.43 bits per heavy atom. The molecule has 146 valence electrons. The van der Waals surface area contributed by atoms with Crippen molar-refractivity contribution in [2.24, 2.45) is 0 Å². The van der Waals surface area contributed by atoms with Crippen molar-refractivity contribution in [1.82, 2.24) is 14.4 Å². The van der Waals surface area contributed by atoms with E-state index in [1.807, 2.05) is 30.3 Å². The average Bonchev–Trinajstić information content (AvgIpc) is 3.19. The van der Waals surface area contributed by atoms with Crippen LogP contribution in [0.2, 0.25) is 0 Å². The van der Waals surface area contributed by atoms with Crippen LogP contribution in [-0.2, 0) is 16.4 Å². The molecule has 6 nitrogen and oxygen atoms in total. The number of benzene rings is 2. The number of nitrogens with zero attached hydrogens (tertiary/aromatic N) is 3. The third-order valence-corrected chi connectivity index (χ3v) is 7.66. The molecule has 8 heteroatoms. The van der Waals surface area contributed by atoms with E-state index in [4.69, 9.17) is 4.52 Å². The Bertz CT molecular complexity index is 1050. The topological polar surface area (TPSA) is 76.3 Å². The van der Waals surface area contributed by atoms with Crippen molar-refractivity contribution in [2.45, 2.75) is 30.1 Å². The molecule has 28 heavy (non-hydrogen) atoms. The van der Waals surface area contributed by atoms with Gasteiger partial charge in [0.15, 0.2) is 5.82 Å². The predicted octanol–water partition coefficient (Wildman–Crippen LogP) is 3.99. The Morgan fingerprint density at radius 2 is 1.71 bits per heavy atom. The molecule has 1 aliphatic heterocycles. The highest BCUT2D eigenvalue weighted by molar-refractivity contribution is 9.10. The number of aromatic nitrogens is 2. The number of rotatable bonds is 5. The molecule has 0 bridgehead atoms. The number of sulfonamides is 1. The van der Waals surface area contributed by atoms with Crippen molar-refractivity contribution in [3.05, 3.63) is 76.3 Å². The third-order valence-electron chi connectivity index (χ3n) is 4.97. The van der Waals surface area contributed by atoms with Gasteiger partial charge in [-0.2, -0.15) is 9.29 Å². The van der Waals surface area contributed by atoms with Gasteiger partial charge >= 0.3 is 0 Å². The molecule has 0 aliphatic carbocycles. The molecule has 1 fully saturated rings. The summed E-state index contributed by atoms with van der Waals surface area (Å²) in [6.45, 7) is 0.897. The molecule has 2 heterocycles. The smallest absolute Gasteiger partial charge is 0.243 e. The van der Waals surface area contributed by atoms with Gasteiger partial charge in [-0.3, -0.25) is 0 Å². The standard InChI is InChI=1S/C20H20BrN3O3S/c21-18-9-5-4-6-16(18)14-19-22-20(27-23-19)15-10-12-24(13-11-15)28(25,26)17-7-2-1-3-8-17/h1-9,15H,10-14H2. The first-order valence-corrected chi connectivity index (χ1v) is 11.4. The quantitative estimate of drug-likeness (QED) is 0.573. The molecule has 0 atom stereocenters. The minimum atomic E-state index is -3.45. The molecule has 1 aliphatic rings. The number of hydrogen-bond donors (Lipinski definition) is 0. The van der Waals surface area contributed by atoms with Gasteiger partial charge < -0.3 is 4.52 Å². The van der Waals surface area contributed by atoms with Crippen molar-refractivity contribution in [3.8, 4) is 0 Å². The molecule has 0 spiro atoms. The summed E-state index contributed by atoms with van der Waals surface area (Å²) in [7, 11) is -3.45. The summed E-state index contributed by atoms with van der Waals surface area (Å²) in [5.74, 6) is 1.32. The van der Waals surface area contributed by atoms with Crippen molar-refractivity contribution < 1.29 is 12.9 Å². The van der Waals surface area contributed by atoms with Gasteiger partial charge in [-0.1, -0.05) is 57.5 Å². The minimum absolute atomic E-state index is 0.0858. The van der Waals surface area contributed by atoms with Gasteiger partial charge in [-0.05, 0) is 36.6 Å². The Labute approximate surface area is 172 Å². The first-order chi connectivity index (χ1) is 13.5. The number of piperidine rings is 1. The molecule has 0 amide bonds. The van der Waals surface area contributed by atoms with E-state index in [1.165, 1.54) is 4.31 Å². The van der Waals surface area contributed by atoms with Crippen LogP contribution in [0.15, 0.2) is 68.5 Å². The SMILES string of the molecule is O=S(=O)(c1ccccc1)N1CCC(c2nc(Cc3ccccc3Br)no2)CC1. The fraction of sp³-hybridized carbons (Fsp3) is 0.300. The normalized spacial score (nSPS) is 16.3. The first-order valence-electron chi connectivity index (χ1n) is 9.15. The van der Waals surface area contributed by atoms with E-state index in [1.54, 1.807) is 24.3 Å². The van der Waals surface area contributed by atoms with Crippen LogP contribution < -0.4 is 0 Å². The maximum atomic E-state index is 12.7. The Balaban J connectivity index is 1.41. The second-order valence-corrected chi connectivity index (χ2v) is 9.60. The van der Waals surface area contributed by atoms with E-state index in [0.717, 1.165) is 10.0 Å². The molecular formula is C20H20BrN3O3S. The summed E-state index contributed by atoms with van der Waals surface area (Å²) in [5, 5.41) is 4.10. The van der Waals surface area contributed by atoms with E-state index >= 15 is 0 Å². The van der Waals surface area contributed by atoms with E-state index < -0.39 is 10.0 Å². The molecular weight excluding hydrogens is 442 g/mol. The van der Waals surface area contributed by atoms with Gasteiger partial charge in [0, 0.05) is 29.9 Å². The molecule has 0 saturated carbocycles. The third kappa shape index (κ3) is 4.04. The first kappa shape index (κ1) is 19.3. The Hall–Kier alpha value is -2.03. The second-order valence-electron chi connectivity index (χ2n) is 6.81. The maximum Gasteiger partial charge on any atom is 0.243 e. The van der Waals surface area contributed by atoms with Crippen LogP contribution in [0, 0.1) is 0 Å². The predicted molar refractivity (Wildman–Crippen MR) is 108 cm³/mol. The number of hydrogen-bond acceptors (Lipinski definition) is 5. The number of halogens is 1. The highest BCUT2D eigenvalue weighted by Gasteiger charge is 2.32.